The summed E-state index contributed by atoms with van der Waals surface area (Å²) in [5.41, 5.74) is 0. The third kappa shape index (κ3) is 9.31. The molecule has 1 rings (SSSR count). The van der Waals surface area contributed by atoms with Gasteiger partial charge in [0.15, 0.2) is 0 Å². The van der Waals surface area contributed by atoms with Crippen molar-refractivity contribution in [3.8, 4) is 0 Å². The molecule has 2 heteroatoms. The summed E-state index contributed by atoms with van der Waals surface area (Å²) >= 11 is 0. The first-order valence-electron chi connectivity index (χ1n) is 9.07. The third-order valence-corrected chi connectivity index (χ3v) is 4.41. The Labute approximate surface area is 135 Å². The van der Waals surface area contributed by atoms with E-state index in [1.165, 1.54) is 32.4 Å². The maximum Gasteiger partial charge on any atom is 0.0108 e. The molecule has 0 saturated carbocycles. The zero-order chi connectivity index (χ0) is 16.8. The summed E-state index contributed by atoms with van der Waals surface area (Å²) < 4.78 is 0. The summed E-state index contributed by atoms with van der Waals surface area (Å²) in [5, 5.41) is 0. The number of allylic oxidation sites excluding steroid dienone is 1. The van der Waals surface area contributed by atoms with Crippen LogP contribution in [0.2, 0.25) is 0 Å². The summed E-state index contributed by atoms with van der Waals surface area (Å²) in [6.45, 7) is 19.0. The van der Waals surface area contributed by atoms with Crippen LogP contribution in [0.4, 0.5) is 0 Å². The van der Waals surface area contributed by atoms with Gasteiger partial charge in [-0.25, -0.2) is 0 Å². The standard InChI is InChI=1S/C15H30N2.2C2H6/c1-6-7-8-9-10-16(4)12-15-11-13(2)17(5)14(15)3;2*1-2/h6,13-15H,1,7-12H2,2-5H3;2*1-2H3/t13?,14-,15?;;/m1../s1. The van der Waals surface area contributed by atoms with Gasteiger partial charge in [-0.05, 0) is 66.1 Å². The lowest BCUT2D eigenvalue weighted by Crippen LogP contribution is -2.34. The molecule has 128 valence electrons. The van der Waals surface area contributed by atoms with Crippen molar-refractivity contribution in [2.45, 2.75) is 79.3 Å². The Hall–Kier alpha value is -0.340. The molecule has 2 unspecified atom stereocenters. The molecule has 3 atom stereocenters. The smallest absolute Gasteiger partial charge is 0.0108 e. The van der Waals surface area contributed by atoms with Crippen molar-refractivity contribution in [3.05, 3.63) is 12.7 Å². The maximum absolute atomic E-state index is 3.77. The second-order valence-corrected chi connectivity index (χ2v) is 5.80. The van der Waals surface area contributed by atoms with E-state index in [1.807, 2.05) is 33.8 Å². The van der Waals surface area contributed by atoms with Crippen LogP contribution < -0.4 is 0 Å². The number of hydrogen-bond acceptors (Lipinski definition) is 2. The van der Waals surface area contributed by atoms with Crippen LogP contribution in [0.1, 0.15) is 67.2 Å². The van der Waals surface area contributed by atoms with E-state index in [9.17, 15) is 0 Å². The van der Waals surface area contributed by atoms with E-state index in [2.05, 4.69) is 44.3 Å². The molecule has 0 spiro atoms. The van der Waals surface area contributed by atoms with E-state index >= 15 is 0 Å². The van der Waals surface area contributed by atoms with Gasteiger partial charge in [-0.15, -0.1) is 6.58 Å². The molecule has 0 aromatic carbocycles. The summed E-state index contributed by atoms with van der Waals surface area (Å²) in [7, 11) is 4.53. The Morgan fingerprint density at radius 1 is 1.14 bits per heavy atom. The third-order valence-electron chi connectivity index (χ3n) is 4.41. The molecule has 0 bridgehead atoms. The van der Waals surface area contributed by atoms with Crippen LogP contribution in [0.15, 0.2) is 12.7 Å². The van der Waals surface area contributed by atoms with E-state index < -0.39 is 0 Å². The van der Waals surface area contributed by atoms with Gasteiger partial charge in [0.05, 0.1) is 0 Å². The Kier molecular flexibility index (Phi) is 15.9. The topological polar surface area (TPSA) is 6.48 Å². The number of rotatable bonds is 7. The Morgan fingerprint density at radius 3 is 2.14 bits per heavy atom. The van der Waals surface area contributed by atoms with E-state index in [0.717, 1.165) is 24.4 Å². The van der Waals surface area contributed by atoms with Crippen LogP contribution in [0.25, 0.3) is 0 Å². The molecule has 0 aromatic heterocycles. The zero-order valence-electron chi connectivity index (χ0n) is 16.2. The highest BCUT2D eigenvalue weighted by Gasteiger charge is 2.33. The van der Waals surface area contributed by atoms with Crippen molar-refractivity contribution < 1.29 is 0 Å². The fourth-order valence-electron chi connectivity index (χ4n) is 2.92. The minimum atomic E-state index is 0.737. The first-order valence-corrected chi connectivity index (χ1v) is 9.07. The fourth-order valence-corrected chi connectivity index (χ4v) is 2.92. The average molecular weight is 299 g/mol. The van der Waals surface area contributed by atoms with Crippen LogP contribution in [-0.4, -0.2) is 49.1 Å². The predicted molar refractivity (Wildman–Crippen MR) is 99.0 cm³/mol. The van der Waals surface area contributed by atoms with Gasteiger partial charge >= 0.3 is 0 Å². The highest BCUT2D eigenvalue weighted by atomic mass is 15.2. The molecule has 0 N–H and O–H groups in total. The van der Waals surface area contributed by atoms with Crippen molar-refractivity contribution in [3.63, 3.8) is 0 Å². The lowest BCUT2D eigenvalue weighted by molar-refractivity contribution is 0.214. The van der Waals surface area contributed by atoms with Gasteiger partial charge in [-0.3, -0.25) is 0 Å². The Balaban J connectivity index is 0. The van der Waals surface area contributed by atoms with Gasteiger partial charge in [0, 0.05) is 18.6 Å². The predicted octanol–water partition coefficient (Wildman–Crippen LogP) is 5.06. The molecule has 2 nitrogen and oxygen atoms in total. The molecule has 0 amide bonds. The number of likely N-dealkylation sites (tertiary alicyclic amines) is 1. The van der Waals surface area contributed by atoms with Gasteiger partial charge in [-0.2, -0.15) is 0 Å². The first kappa shape index (κ1) is 22.9. The minimum Gasteiger partial charge on any atom is -0.306 e. The zero-order valence-corrected chi connectivity index (χ0v) is 16.2. The first-order chi connectivity index (χ1) is 10.1. The highest BCUT2D eigenvalue weighted by Crippen LogP contribution is 2.28. The Bertz CT molecular complexity index is 228. The largest absolute Gasteiger partial charge is 0.306 e. The van der Waals surface area contributed by atoms with Crippen LogP contribution >= 0.6 is 0 Å². The number of nitrogens with zero attached hydrogens (tertiary/aromatic N) is 2. The van der Waals surface area contributed by atoms with Crippen molar-refractivity contribution in [2.75, 3.05) is 27.2 Å². The van der Waals surface area contributed by atoms with E-state index in [1.54, 1.807) is 0 Å². The number of unbranched alkanes of at least 4 members (excludes halogenated alkanes) is 2. The molecule has 1 fully saturated rings. The molecule has 1 heterocycles. The minimum absolute atomic E-state index is 0.737. The van der Waals surface area contributed by atoms with Gasteiger partial charge < -0.3 is 9.80 Å². The number of hydrogen-bond donors (Lipinski definition) is 0. The van der Waals surface area contributed by atoms with Crippen LogP contribution in [0.3, 0.4) is 0 Å². The maximum atomic E-state index is 3.77. The van der Waals surface area contributed by atoms with Crippen LogP contribution in [0, 0.1) is 5.92 Å². The molecule has 0 radical (unpaired) electrons. The van der Waals surface area contributed by atoms with Gasteiger partial charge in [0.1, 0.15) is 0 Å². The van der Waals surface area contributed by atoms with Crippen LogP contribution in [0.5, 0.6) is 0 Å². The van der Waals surface area contributed by atoms with E-state index in [-0.39, 0.29) is 0 Å². The summed E-state index contributed by atoms with van der Waals surface area (Å²) in [4.78, 5) is 5.03. The molecule has 1 aliphatic heterocycles. The lowest BCUT2D eigenvalue weighted by Gasteiger charge is -2.26. The van der Waals surface area contributed by atoms with Crippen molar-refractivity contribution >= 4 is 0 Å². The Morgan fingerprint density at radius 2 is 1.71 bits per heavy atom. The molecular formula is C19H42N2. The molecule has 21 heavy (non-hydrogen) atoms. The molecule has 1 saturated heterocycles. The van der Waals surface area contributed by atoms with E-state index in [4.69, 9.17) is 0 Å². The van der Waals surface area contributed by atoms with Crippen LogP contribution in [-0.2, 0) is 0 Å². The monoisotopic (exact) mass is 298 g/mol. The highest BCUT2D eigenvalue weighted by molar-refractivity contribution is 4.88. The van der Waals surface area contributed by atoms with Crippen molar-refractivity contribution in [1.82, 2.24) is 9.80 Å². The second kappa shape index (κ2) is 14.6. The molecule has 0 aliphatic carbocycles. The average Bonchev–Trinajstić information content (AvgIpc) is 2.75. The summed E-state index contributed by atoms with van der Waals surface area (Å²) in [6, 6.07) is 1.49. The molecule has 1 aliphatic rings. The normalized spacial score (nSPS) is 24.9. The van der Waals surface area contributed by atoms with Gasteiger partial charge in [0.2, 0.25) is 0 Å². The lowest BCUT2D eigenvalue weighted by atomic mass is 10.00. The quantitative estimate of drug-likeness (QED) is 0.479. The van der Waals surface area contributed by atoms with Gasteiger partial charge in [-0.1, -0.05) is 33.8 Å². The summed E-state index contributed by atoms with van der Waals surface area (Å²) in [5.74, 6) is 0.847. The van der Waals surface area contributed by atoms with Crippen molar-refractivity contribution in [2.24, 2.45) is 5.92 Å². The molecule has 0 aromatic rings. The second-order valence-electron chi connectivity index (χ2n) is 5.80. The molecular weight excluding hydrogens is 256 g/mol. The SMILES string of the molecule is C=CCCCCN(C)CC1CC(C)N(C)[C@@H]1C.CC.CC. The van der Waals surface area contributed by atoms with Crippen molar-refractivity contribution in [1.29, 1.82) is 0 Å². The van der Waals surface area contributed by atoms with E-state index in [0.29, 0.717) is 0 Å². The van der Waals surface area contributed by atoms with Gasteiger partial charge in [0.25, 0.3) is 0 Å². The summed E-state index contributed by atoms with van der Waals surface area (Å²) in [6.07, 6.45) is 7.12. The fraction of sp³-hybridized carbons (Fsp3) is 0.895.